The first-order valence-corrected chi connectivity index (χ1v) is 6.31. The lowest BCUT2D eigenvalue weighted by molar-refractivity contribution is 0.0528. The topological polar surface area (TPSA) is 38.3 Å². The van der Waals surface area contributed by atoms with Crippen LogP contribution in [-0.2, 0) is 11.2 Å². The van der Waals surface area contributed by atoms with Crippen molar-refractivity contribution in [2.24, 2.45) is 0 Å². The number of ether oxygens (including phenoxy) is 1. The number of hydrogen-bond acceptors (Lipinski definition) is 2. The molecule has 0 atom stereocenters. The second-order valence-electron chi connectivity index (χ2n) is 5.54. The van der Waals surface area contributed by atoms with E-state index in [1.165, 1.54) is 16.7 Å². The van der Waals surface area contributed by atoms with Gasteiger partial charge in [0.15, 0.2) is 0 Å². The fourth-order valence-corrected chi connectivity index (χ4v) is 1.70. The molecule has 3 heteroatoms. The van der Waals surface area contributed by atoms with Gasteiger partial charge in [-0.15, -0.1) is 0 Å². The van der Waals surface area contributed by atoms with Gasteiger partial charge in [-0.3, -0.25) is 0 Å². The van der Waals surface area contributed by atoms with Gasteiger partial charge in [-0.1, -0.05) is 18.2 Å². The van der Waals surface area contributed by atoms with E-state index in [1.54, 1.807) is 0 Å². The van der Waals surface area contributed by atoms with E-state index in [4.69, 9.17) is 4.74 Å². The minimum atomic E-state index is -0.441. The van der Waals surface area contributed by atoms with Gasteiger partial charge < -0.3 is 10.1 Å². The van der Waals surface area contributed by atoms with Crippen molar-refractivity contribution in [2.75, 3.05) is 6.54 Å². The van der Waals surface area contributed by atoms with Crippen LogP contribution in [0.1, 0.15) is 37.5 Å². The molecule has 18 heavy (non-hydrogen) atoms. The maximum Gasteiger partial charge on any atom is 0.407 e. The van der Waals surface area contributed by atoms with Gasteiger partial charge in [0.1, 0.15) is 5.60 Å². The summed E-state index contributed by atoms with van der Waals surface area (Å²) < 4.78 is 5.18. The molecule has 3 nitrogen and oxygen atoms in total. The molecule has 1 rings (SSSR count). The molecule has 100 valence electrons. The van der Waals surface area contributed by atoms with Crippen LogP contribution in [0.15, 0.2) is 18.2 Å². The first-order valence-electron chi connectivity index (χ1n) is 6.31. The van der Waals surface area contributed by atoms with E-state index in [0.29, 0.717) is 6.54 Å². The van der Waals surface area contributed by atoms with Crippen molar-refractivity contribution in [1.29, 1.82) is 0 Å². The number of carbonyl (C=O) groups is 1. The monoisotopic (exact) mass is 249 g/mol. The lowest BCUT2D eigenvalue weighted by Gasteiger charge is -2.19. The summed E-state index contributed by atoms with van der Waals surface area (Å²) in [6, 6.07) is 6.24. The van der Waals surface area contributed by atoms with Gasteiger partial charge in [-0.2, -0.15) is 0 Å². The lowest BCUT2D eigenvalue weighted by atomic mass is 10.0. The number of benzene rings is 1. The van der Waals surface area contributed by atoms with Crippen LogP contribution in [-0.4, -0.2) is 18.2 Å². The van der Waals surface area contributed by atoms with Gasteiger partial charge in [0.2, 0.25) is 0 Å². The SMILES string of the molecule is Cc1cccc(CCNC(=O)OC(C)(C)C)c1C. The van der Waals surface area contributed by atoms with Crippen molar-refractivity contribution in [3.63, 3.8) is 0 Å². The highest BCUT2D eigenvalue weighted by molar-refractivity contribution is 5.67. The molecule has 0 fully saturated rings. The summed E-state index contributed by atoms with van der Waals surface area (Å²) in [7, 11) is 0. The molecule has 0 aliphatic heterocycles. The number of hydrogen-bond donors (Lipinski definition) is 1. The number of alkyl carbamates (subject to hydrolysis) is 1. The van der Waals surface area contributed by atoms with Crippen LogP contribution in [0.5, 0.6) is 0 Å². The Kier molecular flexibility index (Phi) is 4.76. The second kappa shape index (κ2) is 5.89. The predicted octanol–water partition coefficient (Wildman–Crippen LogP) is 3.37. The summed E-state index contributed by atoms with van der Waals surface area (Å²) in [6.07, 6.45) is 0.472. The molecule has 0 aliphatic carbocycles. The molecule has 0 unspecified atom stereocenters. The molecule has 0 aromatic heterocycles. The van der Waals surface area contributed by atoms with Gasteiger partial charge in [0.25, 0.3) is 0 Å². The van der Waals surface area contributed by atoms with E-state index >= 15 is 0 Å². The summed E-state index contributed by atoms with van der Waals surface area (Å²) >= 11 is 0. The van der Waals surface area contributed by atoms with Gasteiger partial charge >= 0.3 is 6.09 Å². The average molecular weight is 249 g/mol. The summed E-state index contributed by atoms with van der Waals surface area (Å²) in [5.41, 5.74) is 3.41. The van der Waals surface area contributed by atoms with Crippen molar-refractivity contribution < 1.29 is 9.53 Å². The fraction of sp³-hybridized carbons (Fsp3) is 0.533. The summed E-state index contributed by atoms with van der Waals surface area (Å²) in [5.74, 6) is 0. The standard InChI is InChI=1S/C15H23NO2/c1-11-7-6-8-13(12(11)2)9-10-16-14(17)18-15(3,4)5/h6-8H,9-10H2,1-5H3,(H,16,17). The van der Waals surface area contributed by atoms with Crippen LogP contribution in [0, 0.1) is 13.8 Å². The van der Waals surface area contributed by atoms with Crippen molar-refractivity contribution in [3.8, 4) is 0 Å². The van der Waals surface area contributed by atoms with Crippen LogP contribution in [0.2, 0.25) is 0 Å². The van der Waals surface area contributed by atoms with E-state index in [2.05, 4.69) is 31.3 Å². The third-order valence-corrected chi connectivity index (χ3v) is 2.78. The van der Waals surface area contributed by atoms with E-state index in [9.17, 15) is 4.79 Å². The summed E-state index contributed by atoms with van der Waals surface area (Å²) in [5, 5.41) is 2.77. The first-order chi connectivity index (χ1) is 8.29. The third-order valence-electron chi connectivity index (χ3n) is 2.78. The number of nitrogens with one attached hydrogen (secondary N) is 1. The molecule has 1 N–H and O–H groups in total. The molecule has 1 aromatic carbocycles. The molecule has 0 heterocycles. The Hall–Kier alpha value is -1.51. The fourth-order valence-electron chi connectivity index (χ4n) is 1.70. The highest BCUT2D eigenvalue weighted by Gasteiger charge is 2.15. The number of rotatable bonds is 3. The Balaban J connectivity index is 2.43. The maximum atomic E-state index is 11.5. The number of amides is 1. The minimum Gasteiger partial charge on any atom is -0.444 e. The molecule has 1 aromatic rings. The van der Waals surface area contributed by atoms with E-state index in [0.717, 1.165) is 6.42 Å². The molecule has 0 radical (unpaired) electrons. The minimum absolute atomic E-state index is 0.354. The maximum absolute atomic E-state index is 11.5. The second-order valence-corrected chi connectivity index (χ2v) is 5.54. The van der Waals surface area contributed by atoms with Crippen molar-refractivity contribution in [3.05, 3.63) is 34.9 Å². The number of carbonyl (C=O) groups excluding carboxylic acids is 1. The molecular formula is C15H23NO2. The van der Waals surface area contributed by atoms with E-state index < -0.39 is 5.60 Å². The van der Waals surface area contributed by atoms with Crippen LogP contribution in [0.4, 0.5) is 4.79 Å². The zero-order chi connectivity index (χ0) is 13.8. The van der Waals surface area contributed by atoms with Gasteiger partial charge in [-0.05, 0) is 57.7 Å². The Morgan fingerprint density at radius 2 is 1.94 bits per heavy atom. The van der Waals surface area contributed by atoms with Gasteiger partial charge in [-0.25, -0.2) is 4.79 Å². The van der Waals surface area contributed by atoms with Crippen LogP contribution in [0.25, 0.3) is 0 Å². The predicted molar refractivity (Wildman–Crippen MR) is 73.9 cm³/mol. The van der Waals surface area contributed by atoms with Gasteiger partial charge in [0, 0.05) is 6.54 Å². The Labute approximate surface area is 110 Å². The molecule has 0 spiro atoms. The number of aryl methyl sites for hydroxylation is 1. The largest absolute Gasteiger partial charge is 0.444 e. The van der Waals surface area contributed by atoms with Crippen LogP contribution >= 0.6 is 0 Å². The summed E-state index contributed by atoms with van der Waals surface area (Å²) in [4.78, 5) is 11.5. The summed E-state index contributed by atoms with van der Waals surface area (Å²) in [6.45, 7) is 10.4. The average Bonchev–Trinajstić information content (AvgIpc) is 2.21. The highest BCUT2D eigenvalue weighted by atomic mass is 16.6. The van der Waals surface area contributed by atoms with E-state index in [1.807, 2.05) is 26.8 Å². The van der Waals surface area contributed by atoms with Gasteiger partial charge in [0.05, 0.1) is 0 Å². The Morgan fingerprint density at radius 3 is 2.56 bits per heavy atom. The molecular weight excluding hydrogens is 226 g/mol. The Bertz CT molecular complexity index is 419. The Morgan fingerprint density at radius 1 is 1.28 bits per heavy atom. The quantitative estimate of drug-likeness (QED) is 0.892. The third kappa shape index (κ3) is 4.78. The van der Waals surface area contributed by atoms with Crippen molar-refractivity contribution in [2.45, 2.75) is 46.6 Å². The van der Waals surface area contributed by atoms with E-state index in [-0.39, 0.29) is 6.09 Å². The molecule has 0 bridgehead atoms. The van der Waals surface area contributed by atoms with Crippen molar-refractivity contribution >= 4 is 6.09 Å². The first kappa shape index (κ1) is 14.6. The highest BCUT2D eigenvalue weighted by Crippen LogP contribution is 2.13. The molecule has 0 saturated carbocycles. The smallest absolute Gasteiger partial charge is 0.407 e. The normalized spacial score (nSPS) is 11.2. The molecule has 0 aliphatic rings. The van der Waals surface area contributed by atoms with Crippen LogP contribution in [0.3, 0.4) is 0 Å². The lowest BCUT2D eigenvalue weighted by Crippen LogP contribution is -2.33. The van der Waals surface area contributed by atoms with Crippen molar-refractivity contribution in [1.82, 2.24) is 5.32 Å². The zero-order valence-corrected chi connectivity index (χ0v) is 12.0. The zero-order valence-electron chi connectivity index (χ0n) is 12.0. The molecule has 0 saturated heterocycles. The van der Waals surface area contributed by atoms with Crippen LogP contribution < -0.4 is 5.32 Å². The molecule has 1 amide bonds.